The van der Waals surface area contributed by atoms with E-state index in [9.17, 15) is 4.79 Å². The monoisotopic (exact) mass is 480 g/mol. The van der Waals surface area contributed by atoms with E-state index < -0.39 is 0 Å². The van der Waals surface area contributed by atoms with E-state index in [1.54, 1.807) is 13.2 Å². The largest absolute Gasteiger partial charge is 0.493 e. The number of amides is 1. The van der Waals surface area contributed by atoms with Crippen molar-refractivity contribution < 1.29 is 14.3 Å². The highest BCUT2D eigenvalue weighted by atomic mass is 127. The van der Waals surface area contributed by atoms with Gasteiger partial charge in [0.2, 0.25) is 0 Å². The van der Waals surface area contributed by atoms with Crippen LogP contribution in [-0.2, 0) is 11.4 Å². The number of nitrogens with two attached hydrogens (primary N) is 1. The van der Waals surface area contributed by atoms with Crippen LogP contribution in [0.3, 0.4) is 0 Å². The molecule has 1 heterocycles. The molecule has 0 atom stereocenters. The van der Waals surface area contributed by atoms with Crippen LogP contribution >= 0.6 is 34.4 Å². The maximum atomic E-state index is 11.8. The SMILES string of the molecule is COc1cc(/C=C2\SC(N)=NC2=O)cc(I)c1OCc1ccc(C)cc1. The number of hydrogen-bond acceptors (Lipinski definition) is 5. The molecule has 1 aliphatic rings. The number of carbonyl (C=O) groups excluding carboxylic acids is 1. The van der Waals surface area contributed by atoms with Crippen LogP contribution in [-0.4, -0.2) is 18.2 Å². The summed E-state index contributed by atoms with van der Waals surface area (Å²) in [7, 11) is 1.59. The zero-order valence-electron chi connectivity index (χ0n) is 14.3. The Kier molecular flexibility index (Phi) is 5.87. The van der Waals surface area contributed by atoms with Crippen molar-refractivity contribution in [2.45, 2.75) is 13.5 Å². The number of carbonyl (C=O) groups is 1. The number of rotatable bonds is 5. The van der Waals surface area contributed by atoms with Gasteiger partial charge in [-0.2, -0.15) is 4.99 Å². The van der Waals surface area contributed by atoms with Gasteiger partial charge in [0.05, 0.1) is 15.6 Å². The minimum absolute atomic E-state index is 0.265. The van der Waals surface area contributed by atoms with Crippen molar-refractivity contribution in [3.05, 3.63) is 61.6 Å². The summed E-state index contributed by atoms with van der Waals surface area (Å²) in [5.41, 5.74) is 8.71. The first kappa shape index (κ1) is 18.8. The molecule has 0 radical (unpaired) electrons. The summed E-state index contributed by atoms with van der Waals surface area (Å²) in [6.45, 7) is 2.50. The van der Waals surface area contributed by atoms with Crippen molar-refractivity contribution in [3.8, 4) is 11.5 Å². The summed E-state index contributed by atoms with van der Waals surface area (Å²) in [4.78, 5) is 16.0. The molecule has 5 nitrogen and oxygen atoms in total. The zero-order valence-corrected chi connectivity index (χ0v) is 17.3. The van der Waals surface area contributed by atoms with Gasteiger partial charge in [0, 0.05) is 0 Å². The molecule has 0 aliphatic carbocycles. The van der Waals surface area contributed by atoms with Crippen molar-refractivity contribution in [1.29, 1.82) is 0 Å². The second-order valence-electron chi connectivity index (χ2n) is 5.67. The van der Waals surface area contributed by atoms with E-state index in [0.29, 0.717) is 23.0 Å². The maximum Gasteiger partial charge on any atom is 0.286 e. The summed E-state index contributed by atoms with van der Waals surface area (Å²) >= 11 is 3.37. The minimum Gasteiger partial charge on any atom is -0.493 e. The number of nitrogens with zero attached hydrogens (tertiary/aromatic N) is 1. The Morgan fingerprint density at radius 2 is 2.00 bits per heavy atom. The van der Waals surface area contributed by atoms with E-state index in [1.165, 1.54) is 17.3 Å². The van der Waals surface area contributed by atoms with Crippen LogP contribution in [0.5, 0.6) is 11.5 Å². The Morgan fingerprint density at radius 1 is 1.27 bits per heavy atom. The van der Waals surface area contributed by atoms with Gasteiger partial charge in [-0.3, -0.25) is 4.79 Å². The number of aryl methyl sites for hydroxylation is 1. The first-order valence-corrected chi connectivity index (χ1v) is 9.69. The molecule has 0 bridgehead atoms. The van der Waals surface area contributed by atoms with E-state index in [2.05, 4.69) is 46.6 Å². The quantitative estimate of drug-likeness (QED) is 0.515. The van der Waals surface area contributed by atoms with Gasteiger partial charge in [-0.05, 0) is 70.6 Å². The number of methoxy groups -OCH3 is 1. The summed E-state index contributed by atoms with van der Waals surface area (Å²) in [5, 5.41) is 0.265. The number of amidine groups is 1. The lowest BCUT2D eigenvalue weighted by atomic mass is 10.1. The van der Waals surface area contributed by atoms with Crippen LogP contribution in [0.2, 0.25) is 0 Å². The Hall–Kier alpha value is -2.00. The van der Waals surface area contributed by atoms with E-state index in [-0.39, 0.29) is 11.1 Å². The van der Waals surface area contributed by atoms with E-state index in [0.717, 1.165) is 14.7 Å². The Bertz CT molecular complexity index is 908. The average Bonchev–Trinajstić information content (AvgIpc) is 2.92. The maximum absolute atomic E-state index is 11.8. The first-order valence-electron chi connectivity index (χ1n) is 7.80. The normalized spacial score (nSPS) is 15.3. The van der Waals surface area contributed by atoms with Crippen molar-refractivity contribution in [2.24, 2.45) is 10.7 Å². The van der Waals surface area contributed by atoms with E-state index in [1.807, 2.05) is 24.3 Å². The third-order valence-electron chi connectivity index (χ3n) is 3.69. The molecular weight excluding hydrogens is 463 g/mol. The van der Waals surface area contributed by atoms with Crippen LogP contribution in [0.1, 0.15) is 16.7 Å². The third-order valence-corrected chi connectivity index (χ3v) is 5.30. The summed E-state index contributed by atoms with van der Waals surface area (Å²) in [6, 6.07) is 12.0. The van der Waals surface area contributed by atoms with Gasteiger partial charge in [-0.15, -0.1) is 0 Å². The first-order chi connectivity index (χ1) is 12.5. The summed E-state index contributed by atoms with van der Waals surface area (Å²) in [5.74, 6) is 0.971. The van der Waals surface area contributed by atoms with Crippen LogP contribution < -0.4 is 15.2 Å². The van der Waals surface area contributed by atoms with Crippen molar-refractivity contribution in [1.82, 2.24) is 0 Å². The molecule has 0 unspecified atom stereocenters. The lowest BCUT2D eigenvalue weighted by Crippen LogP contribution is -2.01. The zero-order chi connectivity index (χ0) is 18.7. The van der Waals surface area contributed by atoms with Gasteiger partial charge in [0.15, 0.2) is 16.7 Å². The van der Waals surface area contributed by atoms with Crippen molar-refractivity contribution in [3.63, 3.8) is 0 Å². The molecule has 26 heavy (non-hydrogen) atoms. The van der Waals surface area contributed by atoms with Crippen molar-refractivity contribution in [2.75, 3.05) is 7.11 Å². The van der Waals surface area contributed by atoms with Gasteiger partial charge in [-0.25, -0.2) is 0 Å². The van der Waals surface area contributed by atoms with Gasteiger partial charge in [-0.1, -0.05) is 29.8 Å². The predicted octanol–water partition coefficient (Wildman–Crippen LogP) is 4.12. The second-order valence-corrected chi connectivity index (χ2v) is 7.90. The van der Waals surface area contributed by atoms with Crippen molar-refractivity contribution >= 4 is 51.5 Å². The summed E-state index contributed by atoms with van der Waals surface area (Å²) in [6.07, 6.45) is 1.75. The molecule has 3 rings (SSSR count). The molecule has 2 aromatic carbocycles. The highest BCUT2D eigenvalue weighted by Crippen LogP contribution is 2.36. The Morgan fingerprint density at radius 3 is 2.62 bits per heavy atom. The van der Waals surface area contributed by atoms with Crippen LogP contribution in [0.25, 0.3) is 6.08 Å². The number of hydrogen-bond donors (Lipinski definition) is 1. The van der Waals surface area contributed by atoms with Gasteiger partial charge in [0.1, 0.15) is 6.61 Å². The molecule has 134 valence electrons. The topological polar surface area (TPSA) is 73.9 Å². The number of ether oxygens (including phenoxy) is 2. The molecular formula is C19H17IN2O3S. The third kappa shape index (κ3) is 4.39. The molecule has 0 saturated heterocycles. The second kappa shape index (κ2) is 8.13. The van der Waals surface area contributed by atoms with Gasteiger partial charge < -0.3 is 15.2 Å². The molecule has 1 amide bonds. The lowest BCUT2D eigenvalue weighted by molar-refractivity contribution is -0.113. The Labute approximate surface area is 169 Å². The number of aliphatic imine (C=N–C) groups is 1. The summed E-state index contributed by atoms with van der Waals surface area (Å²) < 4.78 is 12.4. The number of thioether (sulfide) groups is 1. The highest BCUT2D eigenvalue weighted by molar-refractivity contribution is 14.1. The predicted molar refractivity (Wildman–Crippen MR) is 113 cm³/mol. The van der Waals surface area contributed by atoms with Crippen LogP contribution in [0.15, 0.2) is 46.3 Å². The molecule has 0 aromatic heterocycles. The van der Waals surface area contributed by atoms with E-state index >= 15 is 0 Å². The number of halogens is 1. The Balaban J connectivity index is 1.82. The van der Waals surface area contributed by atoms with Gasteiger partial charge >= 0.3 is 0 Å². The molecule has 0 spiro atoms. The fraction of sp³-hybridized carbons (Fsp3) is 0.158. The standard InChI is InChI=1S/C19H17IN2O3S/c1-11-3-5-12(6-4-11)10-25-17-14(20)7-13(8-15(17)24-2)9-16-18(23)22-19(21)26-16/h3-9H,10H2,1-2H3,(H2,21,22,23)/b16-9-. The smallest absolute Gasteiger partial charge is 0.286 e. The molecule has 2 aromatic rings. The van der Waals surface area contributed by atoms with E-state index in [4.69, 9.17) is 15.2 Å². The molecule has 2 N–H and O–H groups in total. The highest BCUT2D eigenvalue weighted by Gasteiger charge is 2.20. The minimum atomic E-state index is -0.318. The molecule has 1 aliphatic heterocycles. The fourth-order valence-corrected chi connectivity index (χ4v) is 3.84. The lowest BCUT2D eigenvalue weighted by Gasteiger charge is -2.14. The fourth-order valence-electron chi connectivity index (χ4n) is 2.38. The average molecular weight is 480 g/mol. The molecule has 0 fully saturated rings. The number of benzene rings is 2. The molecule has 7 heteroatoms. The van der Waals surface area contributed by atoms with Crippen LogP contribution in [0, 0.1) is 10.5 Å². The van der Waals surface area contributed by atoms with Gasteiger partial charge in [0.25, 0.3) is 5.91 Å². The van der Waals surface area contributed by atoms with Crippen LogP contribution in [0.4, 0.5) is 0 Å². The molecule has 0 saturated carbocycles.